The van der Waals surface area contributed by atoms with Crippen LogP contribution in [0.4, 0.5) is 0 Å². The lowest BCUT2D eigenvalue weighted by Gasteiger charge is -2.63. The number of hydrogen-bond acceptors (Lipinski definition) is 5. The van der Waals surface area contributed by atoms with E-state index in [4.69, 9.17) is 11.6 Å². The van der Waals surface area contributed by atoms with Gasteiger partial charge in [0, 0.05) is 11.3 Å². The minimum absolute atomic E-state index is 0.00104. The summed E-state index contributed by atoms with van der Waals surface area (Å²) in [5.41, 5.74) is 0.0533. The van der Waals surface area contributed by atoms with Crippen LogP contribution in [0.2, 0.25) is 4.34 Å². The van der Waals surface area contributed by atoms with Gasteiger partial charge in [-0.25, -0.2) is 0 Å². The van der Waals surface area contributed by atoms with Crippen molar-refractivity contribution < 1.29 is 20.1 Å². The molecule has 1 heterocycles. The van der Waals surface area contributed by atoms with Crippen LogP contribution in [0.3, 0.4) is 0 Å². The molecule has 37 heavy (non-hydrogen) atoms. The molecule has 4 aliphatic carbocycles. The average molecular weight is 552 g/mol. The second kappa shape index (κ2) is 10.4. The van der Waals surface area contributed by atoms with Gasteiger partial charge in [0.1, 0.15) is 0 Å². The fraction of sp³-hybridized carbons (Fsp3) is 0.833. The second-order valence-corrected chi connectivity index (χ2v) is 15.1. The van der Waals surface area contributed by atoms with Gasteiger partial charge >= 0.3 is 0 Å². The van der Waals surface area contributed by atoms with Crippen LogP contribution >= 0.6 is 22.9 Å². The largest absolute Gasteiger partial charge is 0.393 e. The third-order valence-electron chi connectivity index (χ3n) is 11.7. The van der Waals surface area contributed by atoms with E-state index >= 15 is 0 Å². The number of carbonyl (C=O) groups excluding carboxylic acids is 1. The van der Waals surface area contributed by atoms with Crippen LogP contribution in [0.5, 0.6) is 0 Å². The van der Waals surface area contributed by atoms with Gasteiger partial charge in [-0.15, -0.1) is 11.3 Å². The summed E-state index contributed by atoms with van der Waals surface area (Å²) in [6.45, 7) is 9.05. The monoisotopic (exact) mass is 551 g/mol. The van der Waals surface area contributed by atoms with Crippen LogP contribution < -0.4 is 5.32 Å². The smallest absolute Gasteiger partial charge is 0.220 e. The van der Waals surface area contributed by atoms with Crippen LogP contribution in [0.25, 0.3) is 0 Å². The van der Waals surface area contributed by atoms with Gasteiger partial charge in [0.05, 0.1) is 28.7 Å². The summed E-state index contributed by atoms with van der Waals surface area (Å²) in [7, 11) is 0. The first-order valence-corrected chi connectivity index (χ1v) is 15.8. The second-order valence-electron chi connectivity index (χ2n) is 13.4. The number of fused-ring (bicyclic) bond motifs is 5. The molecule has 7 heteroatoms. The molecule has 4 N–H and O–H groups in total. The summed E-state index contributed by atoms with van der Waals surface area (Å²) < 4.78 is 0.746. The lowest BCUT2D eigenvalue weighted by atomic mass is 9.43. The Bertz CT molecular complexity index is 987. The molecule has 1 aromatic heterocycles. The number of amides is 1. The van der Waals surface area contributed by atoms with E-state index in [0.717, 1.165) is 54.2 Å². The van der Waals surface area contributed by atoms with Crippen molar-refractivity contribution in [1.82, 2.24) is 5.32 Å². The number of rotatable bonds is 6. The van der Waals surface area contributed by atoms with Crippen molar-refractivity contribution in [2.45, 2.75) is 110 Å². The first-order valence-electron chi connectivity index (χ1n) is 14.6. The zero-order valence-electron chi connectivity index (χ0n) is 22.8. The van der Waals surface area contributed by atoms with Gasteiger partial charge in [-0.2, -0.15) is 0 Å². The molecule has 0 aliphatic heterocycles. The number of carbonyl (C=O) groups is 1. The summed E-state index contributed by atoms with van der Waals surface area (Å²) in [4.78, 5) is 14.2. The van der Waals surface area contributed by atoms with Gasteiger partial charge in [0.15, 0.2) is 0 Å². The van der Waals surface area contributed by atoms with Crippen LogP contribution in [-0.4, -0.2) is 39.5 Å². The van der Waals surface area contributed by atoms with Crippen molar-refractivity contribution in [3.8, 4) is 0 Å². The first-order chi connectivity index (χ1) is 17.5. The molecule has 5 nitrogen and oxygen atoms in total. The maximum absolute atomic E-state index is 13.1. The molecule has 12 atom stereocenters. The van der Waals surface area contributed by atoms with Gasteiger partial charge in [0.2, 0.25) is 5.91 Å². The molecular weight excluding hydrogens is 506 g/mol. The highest BCUT2D eigenvalue weighted by Gasteiger charge is 2.65. The number of nitrogens with one attached hydrogen (secondary N) is 1. The van der Waals surface area contributed by atoms with Crippen LogP contribution in [0.15, 0.2) is 12.1 Å². The van der Waals surface area contributed by atoms with Crippen LogP contribution in [0.1, 0.15) is 96.4 Å². The number of thiophene rings is 1. The van der Waals surface area contributed by atoms with Crippen molar-refractivity contribution in [2.24, 2.45) is 46.3 Å². The Morgan fingerprint density at radius 3 is 2.43 bits per heavy atom. The van der Waals surface area contributed by atoms with Crippen LogP contribution in [0, 0.1) is 46.3 Å². The summed E-state index contributed by atoms with van der Waals surface area (Å²) in [6, 6.07) is 3.90. The van der Waals surface area contributed by atoms with Crippen molar-refractivity contribution >= 4 is 28.8 Å². The molecule has 4 aliphatic rings. The Labute approximate surface area is 231 Å². The maximum atomic E-state index is 13.1. The van der Waals surface area contributed by atoms with Gasteiger partial charge in [-0.3, -0.25) is 4.79 Å². The van der Waals surface area contributed by atoms with E-state index in [-0.39, 0.29) is 46.6 Å². The standard InChI is InChI=1S/C30H46ClNO4S/c1-5-22(23-8-9-24(31)37-23)32-25(34)14-16(2)18-6-7-19-26-20(11-13-29(18,19)3)30(4)12-10-17(33)15-21(30)27(35)28(26)36/h8-9,16-22,26-28,33,35-36H,5-7,10-15H2,1-4H3,(H,32,34)/t16-,17-,18-,19+,20+,21+,22-,26+,27-,28+,29-,30-/m1/s1. The van der Waals surface area contributed by atoms with E-state index in [1.54, 1.807) is 0 Å². The molecular formula is C30H46ClNO4S. The van der Waals surface area contributed by atoms with Crippen molar-refractivity contribution in [2.75, 3.05) is 0 Å². The topological polar surface area (TPSA) is 89.8 Å². The van der Waals surface area contributed by atoms with Crippen molar-refractivity contribution in [3.05, 3.63) is 21.3 Å². The molecule has 5 rings (SSSR count). The number of aliphatic hydroxyl groups is 3. The molecule has 4 saturated carbocycles. The van der Waals surface area contributed by atoms with E-state index in [0.29, 0.717) is 30.6 Å². The molecule has 4 fully saturated rings. The predicted octanol–water partition coefficient (Wildman–Crippen LogP) is 5.96. The molecule has 0 spiro atoms. The Kier molecular flexibility index (Phi) is 7.83. The lowest BCUT2D eigenvalue weighted by molar-refractivity contribution is -0.223. The molecule has 208 valence electrons. The molecule has 0 saturated heterocycles. The summed E-state index contributed by atoms with van der Waals surface area (Å²) in [6.07, 6.45) is 6.16. The maximum Gasteiger partial charge on any atom is 0.220 e. The zero-order valence-corrected chi connectivity index (χ0v) is 24.4. The number of aliphatic hydroxyl groups excluding tert-OH is 3. The Balaban J connectivity index is 1.29. The highest BCUT2D eigenvalue weighted by molar-refractivity contribution is 7.16. The Morgan fingerprint density at radius 1 is 1.05 bits per heavy atom. The van der Waals surface area contributed by atoms with Gasteiger partial charge < -0.3 is 20.6 Å². The summed E-state index contributed by atoms with van der Waals surface area (Å²) >= 11 is 7.66. The van der Waals surface area contributed by atoms with E-state index in [2.05, 4.69) is 33.0 Å². The number of hydrogen-bond donors (Lipinski definition) is 4. The van der Waals surface area contributed by atoms with Crippen LogP contribution in [-0.2, 0) is 4.79 Å². The predicted molar refractivity (Wildman–Crippen MR) is 148 cm³/mol. The molecule has 1 amide bonds. The Hall–Kier alpha value is -0.660. The van der Waals surface area contributed by atoms with E-state index < -0.39 is 12.2 Å². The molecule has 0 bridgehead atoms. The van der Waals surface area contributed by atoms with E-state index in [1.165, 1.54) is 11.3 Å². The van der Waals surface area contributed by atoms with E-state index in [9.17, 15) is 20.1 Å². The van der Waals surface area contributed by atoms with Gasteiger partial charge in [-0.05, 0) is 110 Å². The number of halogens is 1. The average Bonchev–Trinajstić information content (AvgIpc) is 3.44. The highest BCUT2D eigenvalue weighted by atomic mass is 35.5. The molecule has 1 aromatic rings. The van der Waals surface area contributed by atoms with Crippen molar-refractivity contribution in [1.29, 1.82) is 0 Å². The normalized spacial score (nSPS) is 44.9. The lowest BCUT2D eigenvalue weighted by Crippen LogP contribution is -2.64. The van der Waals surface area contributed by atoms with E-state index in [1.807, 2.05) is 12.1 Å². The first kappa shape index (κ1) is 27.9. The summed E-state index contributed by atoms with van der Waals surface area (Å²) in [5, 5.41) is 36.3. The fourth-order valence-corrected chi connectivity index (χ4v) is 11.0. The quantitative estimate of drug-likeness (QED) is 0.351. The molecule has 0 radical (unpaired) electrons. The minimum Gasteiger partial charge on any atom is -0.393 e. The highest BCUT2D eigenvalue weighted by Crippen LogP contribution is 2.68. The molecule has 0 unspecified atom stereocenters. The molecule has 0 aromatic carbocycles. The van der Waals surface area contributed by atoms with Gasteiger partial charge in [-0.1, -0.05) is 39.3 Å². The third-order valence-corrected chi connectivity index (χ3v) is 13.0. The minimum atomic E-state index is -0.762. The van der Waals surface area contributed by atoms with Gasteiger partial charge in [0.25, 0.3) is 0 Å². The SMILES string of the molecule is CC[C@@H](NC(=O)C[C@@H](C)[C@H]1CC[C@H]2[C@@H]3[C@H](O)[C@H](O)[C@@H]4C[C@H](O)CC[C@]4(C)[C@H]3CC[C@]12C)c1ccc(Cl)s1. The third kappa shape index (κ3) is 4.71. The van der Waals surface area contributed by atoms with Crippen molar-refractivity contribution in [3.63, 3.8) is 0 Å². The Morgan fingerprint density at radius 2 is 1.76 bits per heavy atom. The summed E-state index contributed by atoms with van der Waals surface area (Å²) in [5.74, 6) is 1.63. The fourth-order valence-electron chi connectivity index (χ4n) is 9.79. The zero-order chi connectivity index (χ0) is 26.7.